The van der Waals surface area contributed by atoms with E-state index >= 15 is 0 Å². The average Bonchev–Trinajstić information content (AvgIpc) is 3.26. The molecule has 156 valence electrons. The summed E-state index contributed by atoms with van der Waals surface area (Å²) in [7, 11) is 0. The number of ether oxygens (including phenoxy) is 2. The third-order valence-electron chi connectivity index (χ3n) is 4.63. The van der Waals surface area contributed by atoms with Gasteiger partial charge in [-0.05, 0) is 45.4 Å². The third kappa shape index (κ3) is 4.00. The first-order valence-corrected chi connectivity index (χ1v) is 9.37. The van der Waals surface area contributed by atoms with Crippen LogP contribution in [0.15, 0.2) is 30.6 Å². The number of esters is 2. The zero-order chi connectivity index (χ0) is 21.8. The summed E-state index contributed by atoms with van der Waals surface area (Å²) in [5, 5.41) is 4.17. The van der Waals surface area contributed by atoms with E-state index in [0.717, 1.165) is 0 Å². The van der Waals surface area contributed by atoms with E-state index in [2.05, 4.69) is 15.1 Å². The van der Waals surface area contributed by atoms with Gasteiger partial charge in [-0.2, -0.15) is 5.10 Å². The lowest BCUT2D eigenvalue weighted by Crippen LogP contribution is -2.16. The van der Waals surface area contributed by atoms with Gasteiger partial charge in [-0.25, -0.2) is 19.3 Å². The molecule has 0 saturated heterocycles. The number of H-pyrrole nitrogens is 1. The van der Waals surface area contributed by atoms with Crippen molar-refractivity contribution in [1.29, 1.82) is 0 Å². The van der Waals surface area contributed by atoms with Crippen LogP contribution in [0.1, 0.15) is 55.1 Å². The number of rotatable bonds is 7. The Kier molecular flexibility index (Phi) is 6.10. The van der Waals surface area contributed by atoms with Crippen LogP contribution in [0.2, 0.25) is 0 Å². The first kappa shape index (κ1) is 21.0. The van der Waals surface area contributed by atoms with Crippen molar-refractivity contribution in [3.8, 4) is 5.82 Å². The largest absolute Gasteiger partial charge is 0.461 e. The summed E-state index contributed by atoms with van der Waals surface area (Å²) in [5.41, 5.74) is 2.29. The Morgan fingerprint density at radius 2 is 1.87 bits per heavy atom. The topological polar surface area (TPSA) is 116 Å². The van der Waals surface area contributed by atoms with Crippen LogP contribution in [-0.2, 0) is 9.47 Å². The van der Waals surface area contributed by atoms with Gasteiger partial charge in [-0.1, -0.05) is 6.07 Å². The minimum Gasteiger partial charge on any atom is -0.461 e. The van der Waals surface area contributed by atoms with Crippen molar-refractivity contribution in [3.05, 3.63) is 64.4 Å². The molecule has 30 heavy (non-hydrogen) atoms. The molecule has 9 heteroatoms. The highest BCUT2D eigenvalue weighted by Crippen LogP contribution is 2.20. The number of aryl methyl sites for hydroxylation is 1. The summed E-state index contributed by atoms with van der Waals surface area (Å²) in [5.74, 6) is -1.05. The molecule has 0 amide bonds. The second-order valence-electron chi connectivity index (χ2n) is 6.59. The number of nitrogens with one attached hydrogen (secondary N) is 1. The van der Waals surface area contributed by atoms with Crippen LogP contribution in [0.3, 0.4) is 0 Å². The van der Waals surface area contributed by atoms with Crippen molar-refractivity contribution in [3.63, 3.8) is 0 Å². The van der Waals surface area contributed by atoms with Crippen molar-refractivity contribution in [1.82, 2.24) is 19.7 Å². The van der Waals surface area contributed by atoms with Crippen molar-refractivity contribution in [2.24, 2.45) is 0 Å². The first-order valence-electron chi connectivity index (χ1n) is 9.37. The number of carbonyl (C=O) groups excluding carboxylic acids is 3. The zero-order valence-electron chi connectivity index (χ0n) is 17.2. The van der Waals surface area contributed by atoms with E-state index in [1.54, 1.807) is 46.0 Å². The third-order valence-corrected chi connectivity index (χ3v) is 4.63. The molecule has 3 aromatic rings. The number of hydrogen-bond donors (Lipinski definition) is 1. The highest BCUT2D eigenvalue weighted by atomic mass is 16.5. The summed E-state index contributed by atoms with van der Waals surface area (Å²) in [6.45, 7) is 6.49. The fourth-order valence-electron chi connectivity index (χ4n) is 3.18. The average molecular weight is 410 g/mol. The van der Waals surface area contributed by atoms with E-state index in [0.29, 0.717) is 28.3 Å². The Morgan fingerprint density at radius 1 is 1.10 bits per heavy atom. The Bertz CT molecular complexity index is 1100. The molecular weight excluding hydrogens is 388 g/mol. The van der Waals surface area contributed by atoms with Crippen LogP contribution in [0, 0.1) is 20.8 Å². The van der Waals surface area contributed by atoms with Gasteiger partial charge >= 0.3 is 11.9 Å². The number of aromatic nitrogens is 4. The summed E-state index contributed by atoms with van der Waals surface area (Å²) in [6.07, 6.45) is 3.00. The van der Waals surface area contributed by atoms with E-state index in [9.17, 15) is 14.4 Å². The Labute approximate surface area is 173 Å². The molecule has 3 aromatic heterocycles. The summed E-state index contributed by atoms with van der Waals surface area (Å²) in [6, 6.07) is 5.35. The molecule has 3 rings (SSSR count). The molecule has 0 aliphatic carbocycles. The van der Waals surface area contributed by atoms with Gasteiger partial charge in [0.1, 0.15) is 11.3 Å². The van der Waals surface area contributed by atoms with Gasteiger partial charge in [0.15, 0.2) is 12.4 Å². The van der Waals surface area contributed by atoms with Crippen LogP contribution in [0.4, 0.5) is 0 Å². The number of aromatic amines is 1. The maximum Gasteiger partial charge on any atom is 0.355 e. The van der Waals surface area contributed by atoms with Gasteiger partial charge in [-0.3, -0.25) is 4.79 Å². The molecule has 0 radical (unpaired) electrons. The van der Waals surface area contributed by atoms with Crippen LogP contribution < -0.4 is 0 Å². The van der Waals surface area contributed by atoms with Gasteiger partial charge in [0, 0.05) is 17.5 Å². The fourth-order valence-corrected chi connectivity index (χ4v) is 3.18. The molecule has 0 bridgehead atoms. The molecule has 0 atom stereocenters. The summed E-state index contributed by atoms with van der Waals surface area (Å²) in [4.78, 5) is 44.2. The van der Waals surface area contributed by atoms with Gasteiger partial charge in [0.2, 0.25) is 5.78 Å². The zero-order valence-corrected chi connectivity index (χ0v) is 17.2. The standard InChI is InChI=1S/C21H22N4O5/c1-5-29-21(28)19-12(2)18(13(3)24-19)16(26)11-30-20(27)15-10-23-25(14(15)4)17-8-6-7-9-22-17/h6-10,24H,5,11H2,1-4H3. The predicted octanol–water partition coefficient (Wildman–Crippen LogP) is 2.74. The molecular formula is C21H22N4O5. The lowest BCUT2D eigenvalue weighted by atomic mass is 10.1. The quantitative estimate of drug-likeness (QED) is 0.470. The molecule has 0 aromatic carbocycles. The van der Waals surface area contributed by atoms with E-state index < -0.39 is 24.3 Å². The van der Waals surface area contributed by atoms with Crippen molar-refractivity contribution >= 4 is 17.7 Å². The summed E-state index contributed by atoms with van der Waals surface area (Å²) < 4.78 is 11.7. The number of pyridine rings is 1. The molecule has 0 fully saturated rings. The van der Waals surface area contributed by atoms with Gasteiger partial charge < -0.3 is 14.5 Å². The number of nitrogens with zero attached hydrogens (tertiary/aromatic N) is 3. The highest BCUT2D eigenvalue weighted by molar-refractivity contribution is 6.04. The van der Waals surface area contributed by atoms with Crippen molar-refractivity contribution in [2.75, 3.05) is 13.2 Å². The van der Waals surface area contributed by atoms with Gasteiger partial charge in [0.25, 0.3) is 0 Å². The van der Waals surface area contributed by atoms with E-state index in [4.69, 9.17) is 9.47 Å². The lowest BCUT2D eigenvalue weighted by Gasteiger charge is -2.06. The van der Waals surface area contributed by atoms with E-state index in [1.807, 2.05) is 6.07 Å². The number of hydrogen-bond acceptors (Lipinski definition) is 7. The molecule has 9 nitrogen and oxygen atoms in total. The van der Waals surface area contributed by atoms with Gasteiger partial charge in [-0.15, -0.1) is 0 Å². The molecule has 0 aliphatic heterocycles. The normalized spacial score (nSPS) is 10.7. The molecule has 0 unspecified atom stereocenters. The fraction of sp³-hybridized carbons (Fsp3) is 0.286. The Hall–Kier alpha value is -3.75. The summed E-state index contributed by atoms with van der Waals surface area (Å²) >= 11 is 0. The smallest absolute Gasteiger partial charge is 0.355 e. The molecule has 0 aliphatic rings. The first-order chi connectivity index (χ1) is 14.3. The van der Waals surface area contributed by atoms with Gasteiger partial charge in [0.05, 0.1) is 18.5 Å². The maximum absolute atomic E-state index is 12.6. The second kappa shape index (κ2) is 8.73. The Balaban J connectivity index is 1.72. The lowest BCUT2D eigenvalue weighted by molar-refractivity contribution is 0.0472. The van der Waals surface area contributed by atoms with Crippen LogP contribution in [0.5, 0.6) is 0 Å². The van der Waals surface area contributed by atoms with Crippen LogP contribution in [-0.4, -0.2) is 50.7 Å². The van der Waals surface area contributed by atoms with Crippen LogP contribution >= 0.6 is 0 Å². The minimum atomic E-state index is -0.667. The molecule has 3 heterocycles. The predicted molar refractivity (Wildman–Crippen MR) is 107 cm³/mol. The SMILES string of the molecule is CCOC(=O)c1[nH]c(C)c(C(=O)COC(=O)c2cnn(-c3ccccn3)c2C)c1C. The Morgan fingerprint density at radius 3 is 2.53 bits per heavy atom. The van der Waals surface area contributed by atoms with E-state index in [1.165, 1.54) is 10.9 Å². The highest BCUT2D eigenvalue weighted by Gasteiger charge is 2.24. The molecule has 0 saturated carbocycles. The minimum absolute atomic E-state index is 0.219. The van der Waals surface area contributed by atoms with Crippen molar-refractivity contribution in [2.45, 2.75) is 27.7 Å². The molecule has 0 spiro atoms. The number of ketones is 1. The number of carbonyl (C=O) groups is 3. The van der Waals surface area contributed by atoms with E-state index in [-0.39, 0.29) is 17.9 Å². The second-order valence-corrected chi connectivity index (χ2v) is 6.59. The number of Topliss-reactive ketones (excluding diaryl/α,β-unsaturated/α-hetero) is 1. The monoisotopic (exact) mass is 410 g/mol. The van der Waals surface area contributed by atoms with Crippen molar-refractivity contribution < 1.29 is 23.9 Å². The maximum atomic E-state index is 12.6. The molecule has 1 N–H and O–H groups in total. The van der Waals surface area contributed by atoms with Crippen LogP contribution in [0.25, 0.3) is 5.82 Å².